The summed E-state index contributed by atoms with van der Waals surface area (Å²) in [5.41, 5.74) is 0.0869. The fourth-order valence-electron chi connectivity index (χ4n) is 1.80. The van der Waals surface area contributed by atoms with E-state index in [0.717, 1.165) is 25.0 Å². The number of hydrogen-bond donors (Lipinski definition) is 1. The van der Waals surface area contributed by atoms with E-state index in [2.05, 4.69) is 26.2 Å². The zero-order valence-electron chi connectivity index (χ0n) is 9.33. The number of anilines is 2. The van der Waals surface area contributed by atoms with E-state index in [-0.39, 0.29) is 10.2 Å². The Bertz CT molecular complexity index is 593. The van der Waals surface area contributed by atoms with Crippen LogP contribution in [-0.2, 0) is 0 Å². The van der Waals surface area contributed by atoms with Crippen LogP contribution >= 0.6 is 15.9 Å². The summed E-state index contributed by atoms with van der Waals surface area (Å²) in [5.74, 6) is -0.491. The monoisotopic (exact) mass is 313 g/mol. The Morgan fingerprint density at radius 3 is 2.78 bits per heavy atom. The highest BCUT2D eigenvalue weighted by atomic mass is 79.9. The summed E-state index contributed by atoms with van der Waals surface area (Å²) in [6, 6.07) is 2.64. The van der Waals surface area contributed by atoms with Gasteiger partial charge in [0.15, 0.2) is 0 Å². The molecule has 1 aliphatic carbocycles. The highest BCUT2D eigenvalue weighted by molar-refractivity contribution is 9.10. The first kappa shape index (κ1) is 11.6. The van der Waals surface area contributed by atoms with Gasteiger partial charge in [-0.1, -0.05) is 0 Å². The maximum Gasteiger partial charge on any atom is 0.207 e. The van der Waals surface area contributed by atoms with Crippen LogP contribution in [-0.4, -0.2) is 9.55 Å². The van der Waals surface area contributed by atoms with Crippen molar-refractivity contribution >= 4 is 27.6 Å². The van der Waals surface area contributed by atoms with Gasteiger partial charge in [0.25, 0.3) is 0 Å². The van der Waals surface area contributed by atoms with Gasteiger partial charge in [-0.2, -0.15) is 0 Å². The third-order valence-corrected chi connectivity index (χ3v) is 3.47. The third kappa shape index (κ3) is 2.12. The van der Waals surface area contributed by atoms with Gasteiger partial charge in [-0.3, -0.25) is 0 Å². The molecule has 1 N–H and O–H groups in total. The molecule has 0 amide bonds. The van der Waals surface area contributed by atoms with Crippen molar-refractivity contribution in [2.75, 3.05) is 5.32 Å². The molecular weight excluding hydrogens is 304 g/mol. The maximum absolute atomic E-state index is 13.7. The molecule has 0 bridgehead atoms. The Labute approximate surface area is 111 Å². The molecule has 0 unspecified atom stereocenters. The van der Waals surface area contributed by atoms with Crippen LogP contribution in [0.15, 0.2) is 29.0 Å². The molecule has 0 aliphatic heterocycles. The van der Waals surface area contributed by atoms with Gasteiger partial charge in [0.2, 0.25) is 5.95 Å². The minimum atomic E-state index is -0.520. The van der Waals surface area contributed by atoms with Crippen molar-refractivity contribution in [3.8, 4) is 0 Å². The molecule has 0 saturated heterocycles. The smallest absolute Gasteiger partial charge is 0.207 e. The van der Waals surface area contributed by atoms with Crippen LogP contribution in [0.25, 0.3) is 0 Å². The second-order valence-electron chi connectivity index (χ2n) is 4.26. The van der Waals surface area contributed by atoms with Crippen molar-refractivity contribution in [3.63, 3.8) is 0 Å². The van der Waals surface area contributed by atoms with Crippen molar-refractivity contribution in [2.24, 2.45) is 0 Å². The van der Waals surface area contributed by atoms with Crippen molar-refractivity contribution < 1.29 is 8.78 Å². The lowest BCUT2D eigenvalue weighted by Gasteiger charge is -2.10. The van der Waals surface area contributed by atoms with Gasteiger partial charge in [0.1, 0.15) is 11.6 Å². The van der Waals surface area contributed by atoms with E-state index in [1.54, 1.807) is 6.20 Å². The minimum absolute atomic E-state index is 0.0869. The summed E-state index contributed by atoms with van der Waals surface area (Å²) in [5, 5.41) is 2.83. The Hall–Kier alpha value is -1.43. The largest absolute Gasteiger partial charge is 0.323 e. The molecule has 0 radical (unpaired) electrons. The Balaban J connectivity index is 1.92. The molecule has 0 atom stereocenters. The maximum atomic E-state index is 13.7. The Morgan fingerprint density at radius 1 is 1.28 bits per heavy atom. The quantitative estimate of drug-likeness (QED) is 0.868. The molecule has 1 fully saturated rings. The second-order valence-corrected chi connectivity index (χ2v) is 5.11. The second kappa shape index (κ2) is 4.35. The van der Waals surface area contributed by atoms with E-state index < -0.39 is 11.6 Å². The lowest BCUT2D eigenvalue weighted by molar-refractivity contribution is 0.597. The van der Waals surface area contributed by atoms with Gasteiger partial charge in [-0.25, -0.2) is 13.8 Å². The van der Waals surface area contributed by atoms with Crippen LogP contribution in [0.5, 0.6) is 0 Å². The number of nitrogens with zero attached hydrogens (tertiary/aromatic N) is 2. The van der Waals surface area contributed by atoms with Gasteiger partial charge in [-0.15, -0.1) is 0 Å². The standard InChI is InChI=1S/C12H10BrF2N3/c13-8-5-10(15)11(6-9(8)14)17-12-16-3-4-18(12)7-1-2-7/h3-7H,1-2H2,(H,16,17). The van der Waals surface area contributed by atoms with Gasteiger partial charge in [-0.05, 0) is 34.8 Å². The minimum Gasteiger partial charge on any atom is -0.323 e. The normalized spacial score (nSPS) is 14.8. The van der Waals surface area contributed by atoms with Crippen molar-refractivity contribution in [1.29, 1.82) is 0 Å². The molecule has 0 spiro atoms. The average molecular weight is 314 g/mol. The number of benzene rings is 1. The summed E-state index contributed by atoms with van der Waals surface area (Å²) < 4.78 is 29.1. The summed E-state index contributed by atoms with van der Waals surface area (Å²) in [6.45, 7) is 0. The lowest BCUT2D eigenvalue weighted by atomic mass is 10.3. The molecule has 1 saturated carbocycles. The molecule has 18 heavy (non-hydrogen) atoms. The molecule has 2 aromatic rings. The molecule has 1 aromatic carbocycles. The molecule has 94 valence electrons. The van der Waals surface area contributed by atoms with Crippen LogP contribution in [0.4, 0.5) is 20.4 Å². The van der Waals surface area contributed by atoms with Crippen LogP contribution in [0.2, 0.25) is 0 Å². The Kier molecular flexibility index (Phi) is 2.81. The Morgan fingerprint density at radius 2 is 2.06 bits per heavy atom. The van der Waals surface area contributed by atoms with Crippen LogP contribution in [0.1, 0.15) is 18.9 Å². The molecule has 3 rings (SSSR count). The third-order valence-electron chi connectivity index (χ3n) is 2.87. The molecule has 1 aromatic heterocycles. The lowest BCUT2D eigenvalue weighted by Crippen LogP contribution is -2.03. The van der Waals surface area contributed by atoms with Gasteiger partial charge in [0, 0.05) is 24.5 Å². The first-order valence-electron chi connectivity index (χ1n) is 5.59. The number of nitrogens with one attached hydrogen (secondary N) is 1. The summed E-state index contributed by atoms with van der Waals surface area (Å²) in [4.78, 5) is 4.12. The van der Waals surface area contributed by atoms with E-state index >= 15 is 0 Å². The van der Waals surface area contributed by atoms with Gasteiger partial charge >= 0.3 is 0 Å². The van der Waals surface area contributed by atoms with Crippen LogP contribution in [0, 0.1) is 11.6 Å². The molecular formula is C12H10BrF2N3. The van der Waals surface area contributed by atoms with E-state index in [1.807, 2.05) is 10.8 Å². The summed E-state index contributed by atoms with van der Waals surface area (Å²) in [6.07, 6.45) is 5.69. The fourth-order valence-corrected chi connectivity index (χ4v) is 2.11. The summed E-state index contributed by atoms with van der Waals surface area (Å²) >= 11 is 2.94. The first-order valence-corrected chi connectivity index (χ1v) is 6.39. The highest BCUT2D eigenvalue weighted by Crippen LogP contribution is 2.37. The average Bonchev–Trinajstić information content (AvgIpc) is 3.07. The zero-order valence-corrected chi connectivity index (χ0v) is 10.9. The number of halogens is 3. The number of rotatable bonds is 3. The van der Waals surface area contributed by atoms with E-state index in [0.29, 0.717) is 12.0 Å². The number of aromatic nitrogens is 2. The first-order chi connectivity index (χ1) is 8.65. The molecule has 3 nitrogen and oxygen atoms in total. The van der Waals surface area contributed by atoms with Crippen LogP contribution in [0.3, 0.4) is 0 Å². The van der Waals surface area contributed by atoms with Gasteiger partial charge < -0.3 is 9.88 Å². The van der Waals surface area contributed by atoms with Crippen molar-refractivity contribution in [3.05, 3.63) is 40.6 Å². The molecule has 1 heterocycles. The topological polar surface area (TPSA) is 29.9 Å². The number of hydrogen-bond acceptors (Lipinski definition) is 2. The fraction of sp³-hybridized carbons (Fsp3) is 0.250. The predicted molar refractivity (Wildman–Crippen MR) is 67.8 cm³/mol. The highest BCUT2D eigenvalue weighted by Gasteiger charge is 2.25. The SMILES string of the molecule is Fc1cc(Nc2nccn2C2CC2)c(F)cc1Br. The number of imidazole rings is 1. The summed E-state index contributed by atoms with van der Waals surface area (Å²) in [7, 11) is 0. The van der Waals surface area contributed by atoms with Gasteiger partial charge in [0.05, 0.1) is 10.2 Å². The molecule has 6 heteroatoms. The predicted octanol–water partition coefficient (Wildman–Crippen LogP) is 4.00. The zero-order chi connectivity index (χ0) is 12.7. The van der Waals surface area contributed by atoms with Crippen molar-refractivity contribution in [2.45, 2.75) is 18.9 Å². The van der Waals surface area contributed by atoms with E-state index in [1.165, 1.54) is 0 Å². The van der Waals surface area contributed by atoms with Crippen LogP contribution < -0.4 is 5.32 Å². The van der Waals surface area contributed by atoms with E-state index in [9.17, 15) is 8.78 Å². The van der Waals surface area contributed by atoms with Crippen molar-refractivity contribution in [1.82, 2.24) is 9.55 Å². The molecule has 1 aliphatic rings. The van der Waals surface area contributed by atoms with E-state index in [4.69, 9.17) is 0 Å².